The maximum Gasteiger partial charge on any atom is 0.407 e. The van der Waals surface area contributed by atoms with E-state index >= 15 is 0 Å². The molecule has 0 aliphatic heterocycles. The van der Waals surface area contributed by atoms with E-state index in [9.17, 15) is 9.59 Å². The number of amides is 1. The molecule has 0 aromatic heterocycles. The third kappa shape index (κ3) is 9.72. The number of alkyl halides is 1. The van der Waals surface area contributed by atoms with Crippen LogP contribution in [-0.2, 0) is 9.53 Å². The molecule has 0 unspecified atom stereocenters. The summed E-state index contributed by atoms with van der Waals surface area (Å²) in [4.78, 5) is 22.2. The monoisotopic (exact) mass is 279 g/mol. The van der Waals surface area contributed by atoms with Gasteiger partial charge in [-0.15, -0.1) is 0 Å². The number of hydrogen-bond acceptors (Lipinski definition) is 3. The summed E-state index contributed by atoms with van der Waals surface area (Å²) < 4.78 is 5.01. The van der Waals surface area contributed by atoms with Crippen LogP contribution in [0.5, 0.6) is 0 Å². The van der Waals surface area contributed by atoms with Gasteiger partial charge in [-0.3, -0.25) is 4.79 Å². The van der Waals surface area contributed by atoms with Crippen molar-refractivity contribution in [3.63, 3.8) is 0 Å². The lowest BCUT2D eigenvalue weighted by Crippen LogP contribution is -2.33. The Morgan fingerprint density at radius 3 is 2.33 bits per heavy atom. The fourth-order valence-electron chi connectivity index (χ4n) is 0.849. The number of ketones is 1. The molecule has 0 rings (SSSR count). The van der Waals surface area contributed by atoms with Gasteiger partial charge in [-0.05, 0) is 20.8 Å². The minimum atomic E-state index is -0.496. The first-order chi connectivity index (χ1) is 6.85. The molecular weight excluding hydrogens is 262 g/mol. The van der Waals surface area contributed by atoms with E-state index in [-0.39, 0.29) is 5.78 Å². The zero-order valence-electron chi connectivity index (χ0n) is 9.43. The molecule has 0 aromatic rings. The van der Waals surface area contributed by atoms with Crippen LogP contribution in [0.25, 0.3) is 0 Å². The summed E-state index contributed by atoms with van der Waals surface area (Å²) in [5, 5.41) is 3.20. The smallest absolute Gasteiger partial charge is 0.407 e. The van der Waals surface area contributed by atoms with Crippen molar-refractivity contribution >= 4 is 27.8 Å². The number of ether oxygens (including phenoxy) is 1. The van der Waals surface area contributed by atoms with Gasteiger partial charge in [0.1, 0.15) is 11.4 Å². The molecule has 15 heavy (non-hydrogen) atoms. The Morgan fingerprint density at radius 1 is 1.27 bits per heavy atom. The molecule has 1 amide bonds. The first-order valence-electron chi connectivity index (χ1n) is 4.89. The van der Waals surface area contributed by atoms with Gasteiger partial charge in [-0.25, -0.2) is 4.79 Å². The van der Waals surface area contributed by atoms with E-state index < -0.39 is 11.7 Å². The quantitative estimate of drug-likeness (QED) is 0.786. The third-order valence-corrected chi connectivity index (χ3v) is 1.84. The van der Waals surface area contributed by atoms with Crippen molar-refractivity contribution in [1.29, 1.82) is 0 Å². The van der Waals surface area contributed by atoms with Crippen molar-refractivity contribution in [3.05, 3.63) is 0 Å². The van der Waals surface area contributed by atoms with E-state index in [2.05, 4.69) is 21.2 Å². The van der Waals surface area contributed by atoms with Crippen LogP contribution in [0.4, 0.5) is 4.79 Å². The molecule has 0 bridgehead atoms. The minimum absolute atomic E-state index is 0.128. The lowest BCUT2D eigenvalue weighted by Gasteiger charge is -2.19. The highest BCUT2D eigenvalue weighted by Gasteiger charge is 2.15. The van der Waals surface area contributed by atoms with Gasteiger partial charge in [0.15, 0.2) is 0 Å². The SMILES string of the molecule is CC(C)(C)OC(=O)NCCC(=O)CCBr. The summed E-state index contributed by atoms with van der Waals surface area (Å²) in [6, 6.07) is 0. The maximum absolute atomic E-state index is 11.1. The van der Waals surface area contributed by atoms with E-state index in [1.807, 2.05) is 0 Å². The summed E-state index contributed by atoms with van der Waals surface area (Å²) >= 11 is 3.18. The number of carbonyl (C=O) groups is 2. The maximum atomic E-state index is 11.1. The van der Waals surface area contributed by atoms with Gasteiger partial charge < -0.3 is 10.1 Å². The molecule has 0 spiro atoms. The van der Waals surface area contributed by atoms with Crippen molar-refractivity contribution in [2.24, 2.45) is 0 Å². The summed E-state index contributed by atoms with van der Waals surface area (Å²) in [6.45, 7) is 5.72. The Morgan fingerprint density at radius 2 is 1.87 bits per heavy atom. The molecule has 1 N–H and O–H groups in total. The van der Waals surface area contributed by atoms with Crippen LogP contribution < -0.4 is 5.32 Å². The lowest BCUT2D eigenvalue weighted by molar-refractivity contribution is -0.118. The number of nitrogens with one attached hydrogen (secondary N) is 1. The fourth-order valence-corrected chi connectivity index (χ4v) is 1.29. The highest BCUT2D eigenvalue weighted by Crippen LogP contribution is 2.06. The van der Waals surface area contributed by atoms with Gasteiger partial charge in [0.05, 0.1) is 0 Å². The number of hydrogen-bond donors (Lipinski definition) is 1. The molecule has 0 saturated heterocycles. The van der Waals surface area contributed by atoms with Crippen molar-refractivity contribution in [2.75, 3.05) is 11.9 Å². The summed E-state index contributed by atoms with van der Waals surface area (Å²) in [5.41, 5.74) is -0.496. The normalized spacial score (nSPS) is 10.9. The fraction of sp³-hybridized carbons (Fsp3) is 0.800. The predicted octanol–water partition coefficient (Wildman–Crippen LogP) is 2.26. The molecule has 88 valence electrons. The number of halogens is 1. The van der Waals surface area contributed by atoms with Crippen LogP contribution >= 0.6 is 15.9 Å². The van der Waals surface area contributed by atoms with Crippen molar-refractivity contribution in [1.82, 2.24) is 5.32 Å². The minimum Gasteiger partial charge on any atom is -0.444 e. The largest absolute Gasteiger partial charge is 0.444 e. The highest BCUT2D eigenvalue weighted by molar-refractivity contribution is 9.09. The second-order valence-electron chi connectivity index (χ2n) is 4.16. The number of alkyl carbamates (subject to hydrolysis) is 1. The molecule has 0 atom stereocenters. The van der Waals surface area contributed by atoms with Crippen molar-refractivity contribution in [3.8, 4) is 0 Å². The average molecular weight is 280 g/mol. The van der Waals surface area contributed by atoms with E-state index in [4.69, 9.17) is 4.74 Å². The van der Waals surface area contributed by atoms with Crippen molar-refractivity contribution < 1.29 is 14.3 Å². The Balaban J connectivity index is 3.60. The van der Waals surface area contributed by atoms with Gasteiger partial charge in [0.2, 0.25) is 0 Å². The van der Waals surface area contributed by atoms with E-state index in [0.717, 1.165) is 0 Å². The Labute approximate surface area is 98.9 Å². The van der Waals surface area contributed by atoms with E-state index in [1.165, 1.54) is 0 Å². The molecule has 4 nitrogen and oxygen atoms in total. The van der Waals surface area contributed by atoms with Crippen LogP contribution in [0.3, 0.4) is 0 Å². The average Bonchev–Trinajstić information content (AvgIpc) is 2.00. The first kappa shape index (κ1) is 14.4. The summed E-state index contributed by atoms with van der Waals surface area (Å²) in [6.07, 6.45) is 0.370. The lowest BCUT2D eigenvalue weighted by atomic mass is 10.2. The molecule has 0 heterocycles. The van der Waals surface area contributed by atoms with Crippen molar-refractivity contribution in [2.45, 2.75) is 39.2 Å². The molecule has 0 aromatic carbocycles. The number of rotatable bonds is 5. The van der Waals surface area contributed by atoms with E-state index in [0.29, 0.717) is 24.7 Å². The Kier molecular flexibility index (Phi) is 6.56. The zero-order chi connectivity index (χ0) is 11.9. The van der Waals surface area contributed by atoms with Gasteiger partial charge in [0.25, 0.3) is 0 Å². The molecule has 5 heteroatoms. The third-order valence-electron chi connectivity index (χ3n) is 1.45. The van der Waals surface area contributed by atoms with E-state index in [1.54, 1.807) is 20.8 Å². The van der Waals surface area contributed by atoms with Crippen LogP contribution in [0.15, 0.2) is 0 Å². The van der Waals surface area contributed by atoms with Gasteiger partial charge >= 0.3 is 6.09 Å². The second kappa shape index (κ2) is 6.82. The highest BCUT2D eigenvalue weighted by atomic mass is 79.9. The molecule has 0 aliphatic carbocycles. The Bertz CT molecular complexity index is 223. The molecule has 0 fully saturated rings. The molecule has 0 aliphatic rings. The topological polar surface area (TPSA) is 55.4 Å². The zero-order valence-corrected chi connectivity index (χ0v) is 11.0. The van der Waals surface area contributed by atoms with Gasteiger partial charge in [-0.1, -0.05) is 15.9 Å². The standard InChI is InChI=1S/C10H18BrNO3/c1-10(2,3)15-9(14)12-7-5-8(13)4-6-11/h4-7H2,1-3H3,(H,12,14). The summed E-state index contributed by atoms with van der Waals surface area (Å²) in [7, 11) is 0. The number of Topliss-reactive ketones (excluding diaryl/α,β-unsaturated/α-hetero) is 1. The van der Waals surface area contributed by atoms with Crippen LogP contribution in [-0.4, -0.2) is 29.4 Å². The molecule has 0 saturated carbocycles. The first-order valence-corrected chi connectivity index (χ1v) is 6.02. The van der Waals surface area contributed by atoms with Gasteiger partial charge in [-0.2, -0.15) is 0 Å². The van der Waals surface area contributed by atoms with Crippen LogP contribution in [0.1, 0.15) is 33.6 Å². The Hall–Kier alpha value is -0.580. The number of carbonyl (C=O) groups excluding carboxylic acids is 2. The molecule has 0 radical (unpaired) electrons. The molecular formula is C10H18BrNO3. The predicted molar refractivity (Wildman–Crippen MR) is 62.3 cm³/mol. The summed E-state index contributed by atoms with van der Waals surface area (Å²) in [5.74, 6) is 0.128. The van der Waals surface area contributed by atoms with Gasteiger partial charge in [0, 0.05) is 24.7 Å². The second-order valence-corrected chi connectivity index (χ2v) is 4.95. The van der Waals surface area contributed by atoms with Crippen LogP contribution in [0.2, 0.25) is 0 Å². The van der Waals surface area contributed by atoms with Crippen LogP contribution in [0, 0.1) is 0 Å².